The molecule has 1 fully saturated rings. The summed E-state index contributed by atoms with van der Waals surface area (Å²) in [6.07, 6.45) is 7.40. The molecule has 0 radical (unpaired) electrons. The van der Waals surface area contributed by atoms with E-state index in [9.17, 15) is 9.59 Å². The molecule has 0 unspecified atom stereocenters. The summed E-state index contributed by atoms with van der Waals surface area (Å²) in [5.41, 5.74) is 7.27. The highest BCUT2D eigenvalue weighted by molar-refractivity contribution is 5.75. The second kappa shape index (κ2) is 7.83. The highest BCUT2D eigenvalue weighted by Crippen LogP contribution is 2.20. The molecule has 132 valence electrons. The van der Waals surface area contributed by atoms with Crippen LogP contribution in [0.25, 0.3) is 5.69 Å². The van der Waals surface area contributed by atoms with Crippen LogP contribution >= 0.6 is 0 Å². The zero-order valence-corrected chi connectivity index (χ0v) is 14.1. The van der Waals surface area contributed by atoms with Crippen molar-refractivity contribution in [3.8, 4) is 5.69 Å². The maximum atomic E-state index is 12.4. The molecule has 0 aliphatic carbocycles. The van der Waals surface area contributed by atoms with E-state index in [1.54, 1.807) is 17.4 Å². The molecule has 7 nitrogen and oxygen atoms in total. The molecule has 1 aliphatic rings. The molecule has 1 aromatic carbocycles. The van der Waals surface area contributed by atoms with Crippen molar-refractivity contribution in [3.63, 3.8) is 0 Å². The number of imidazole rings is 1. The van der Waals surface area contributed by atoms with Crippen molar-refractivity contribution < 1.29 is 9.59 Å². The maximum absolute atomic E-state index is 12.4. The van der Waals surface area contributed by atoms with Gasteiger partial charge in [0, 0.05) is 38.4 Å². The number of aromatic nitrogens is 2. The first-order valence-electron chi connectivity index (χ1n) is 8.51. The number of benzene rings is 1. The fourth-order valence-electron chi connectivity index (χ4n) is 3.22. The second-order valence-corrected chi connectivity index (χ2v) is 6.36. The Hall–Kier alpha value is -2.83. The number of para-hydroxylation sites is 1. The first-order chi connectivity index (χ1) is 12.1. The Morgan fingerprint density at radius 3 is 2.68 bits per heavy atom. The molecule has 0 bridgehead atoms. The molecular weight excluding hydrogens is 318 g/mol. The molecular formula is C18H23N5O2. The summed E-state index contributed by atoms with van der Waals surface area (Å²) < 4.78 is 1.93. The van der Waals surface area contributed by atoms with Crippen molar-refractivity contribution in [1.29, 1.82) is 0 Å². The van der Waals surface area contributed by atoms with Gasteiger partial charge in [-0.25, -0.2) is 9.78 Å². The molecule has 3 N–H and O–H groups in total. The van der Waals surface area contributed by atoms with Gasteiger partial charge in [-0.3, -0.25) is 4.79 Å². The Morgan fingerprint density at radius 2 is 2.00 bits per heavy atom. The molecule has 2 aromatic rings. The van der Waals surface area contributed by atoms with Gasteiger partial charge in [0.1, 0.15) is 0 Å². The van der Waals surface area contributed by atoms with Gasteiger partial charge in [0.05, 0.1) is 12.0 Å². The van der Waals surface area contributed by atoms with Crippen molar-refractivity contribution in [2.75, 3.05) is 13.1 Å². The maximum Gasteiger partial charge on any atom is 0.317 e. The third kappa shape index (κ3) is 4.37. The van der Waals surface area contributed by atoms with E-state index in [4.69, 9.17) is 5.73 Å². The third-order valence-corrected chi connectivity index (χ3v) is 4.60. The minimum atomic E-state index is -0.265. The molecule has 7 heteroatoms. The lowest BCUT2D eigenvalue weighted by molar-refractivity contribution is -0.119. The minimum absolute atomic E-state index is 0.0713. The van der Waals surface area contributed by atoms with Crippen LogP contribution in [-0.2, 0) is 11.3 Å². The van der Waals surface area contributed by atoms with E-state index in [1.807, 2.05) is 35.0 Å². The van der Waals surface area contributed by atoms with Crippen LogP contribution in [0, 0.1) is 5.92 Å². The number of hydrogen-bond acceptors (Lipinski definition) is 3. The van der Waals surface area contributed by atoms with Crippen LogP contribution in [0.15, 0.2) is 43.0 Å². The number of hydrogen-bond donors (Lipinski definition) is 2. The molecule has 25 heavy (non-hydrogen) atoms. The van der Waals surface area contributed by atoms with Gasteiger partial charge in [0.2, 0.25) is 5.91 Å². The molecule has 1 aromatic heterocycles. The van der Waals surface area contributed by atoms with Gasteiger partial charge in [-0.05, 0) is 30.4 Å². The van der Waals surface area contributed by atoms with E-state index in [1.165, 1.54) is 0 Å². The van der Waals surface area contributed by atoms with E-state index in [-0.39, 0.29) is 11.9 Å². The van der Waals surface area contributed by atoms with Gasteiger partial charge in [0.15, 0.2) is 0 Å². The molecule has 0 saturated carbocycles. The monoisotopic (exact) mass is 341 g/mol. The molecule has 3 rings (SSSR count). The Labute approximate surface area is 146 Å². The van der Waals surface area contributed by atoms with E-state index in [0.717, 1.165) is 24.1 Å². The summed E-state index contributed by atoms with van der Waals surface area (Å²) in [7, 11) is 0. The molecule has 3 amide bonds. The van der Waals surface area contributed by atoms with Gasteiger partial charge in [-0.15, -0.1) is 0 Å². The van der Waals surface area contributed by atoms with Crippen LogP contribution in [-0.4, -0.2) is 39.5 Å². The van der Waals surface area contributed by atoms with Crippen LogP contribution in [0.4, 0.5) is 4.79 Å². The Balaban J connectivity index is 1.55. The normalized spacial score (nSPS) is 15.1. The Morgan fingerprint density at radius 1 is 1.24 bits per heavy atom. The zero-order chi connectivity index (χ0) is 17.6. The number of nitrogens with two attached hydrogens (primary N) is 1. The second-order valence-electron chi connectivity index (χ2n) is 6.36. The van der Waals surface area contributed by atoms with Crippen LogP contribution in [0.3, 0.4) is 0 Å². The predicted octanol–water partition coefficient (Wildman–Crippen LogP) is 1.67. The lowest BCUT2D eigenvalue weighted by Gasteiger charge is -2.31. The molecule has 2 heterocycles. The third-order valence-electron chi connectivity index (χ3n) is 4.60. The van der Waals surface area contributed by atoms with Crippen molar-refractivity contribution in [1.82, 2.24) is 19.8 Å². The average Bonchev–Trinajstić information content (AvgIpc) is 3.14. The number of amides is 3. The quantitative estimate of drug-likeness (QED) is 0.866. The smallest absolute Gasteiger partial charge is 0.317 e. The van der Waals surface area contributed by atoms with Gasteiger partial charge in [-0.2, -0.15) is 0 Å². The number of nitrogens with one attached hydrogen (secondary N) is 1. The van der Waals surface area contributed by atoms with Gasteiger partial charge < -0.3 is 20.5 Å². The van der Waals surface area contributed by atoms with E-state index >= 15 is 0 Å². The summed E-state index contributed by atoms with van der Waals surface area (Å²) in [6, 6.07) is 7.84. The number of carbonyl (C=O) groups is 2. The Bertz CT molecular complexity index is 721. The lowest BCUT2D eigenvalue weighted by atomic mass is 9.93. The highest BCUT2D eigenvalue weighted by atomic mass is 16.2. The van der Waals surface area contributed by atoms with Gasteiger partial charge >= 0.3 is 6.03 Å². The summed E-state index contributed by atoms with van der Waals surface area (Å²) in [5.74, 6) is 0.0301. The molecule has 0 spiro atoms. The number of carbonyl (C=O) groups excluding carboxylic acids is 2. The average molecular weight is 341 g/mol. The number of likely N-dealkylation sites (tertiary alicyclic amines) is 1. The zero-order valence-electron chi connectivity index (χ0n) is 14.1. The number of urea groups is 1. The van der Waals surface area contributed by atoms with Crippen molar-refractivity contribution in [2.45, 2.75) is 25.8 Å². The van der Waals surface area contributed by atoms with Crippen molar-refractivity contribution >= 4 is 11.9 Å². The number of piperidine rings is 1. The summed E-state index contributed by atoms with van der Waals surface area (Å²) in [4.78, 5) is 29.3. The number of nitrogens with zero attached hydrogens (tertiary/aromatic N) is 3. The Kier molecular flexibility index (Phi) is 5.33. The predicted molar refractivity (Wildman–Crippen MR) is 93.9 cm³/mol. The minimum Gasteiger partial charge on any atom is -0.370 e. The summed E-state index contributed by atoms with van der Waals surface area (Å²) >= 11 is 0. The fourth-order valence-corrected chi connectivity index (χ4v) is 3.22. The standard InChI is InChI=1S/C18H23N5O2/c19-17(24)11-14-5-8-22(9-6-14)18(25)21-12-15-3-1-2-4-16(15)23-10-7-20-13-23/h1-4,7,10,13-14H,5-6,8-9,11-12H2,(H2,19,24)(H,21,25). The van der Waals surface area contributed by atoms with E-state index < -0.39 is 0 Å². The van der Waals surface area contributed by atoms with E-state index in [0.29, 0.717) is 32.0 Å². The van der Waals surface area contributed by atoms with Crippen LogP contribution in [0.5, 0.6) is 0 Å². The summed E-state index contributed by atoms with van der Waals surface area (Å²) in [5, 5.41) is 2.99. The molecule has 1 aliphatic heterocycles. The topological polar surface area (TPSA) is 93.3 Å². The first kappa shape index (κ1) is 17.0. The fraction of sp³-hybridized carbons (Fsp3) is 0.389. The van der Waals surface area contributed by atoms with Gasteiger partial charge in [-0.1, -0.05) is 18.2 Å². The van der Waals surface area contributed by atoms with Crippen LogP contribution < -0.4 is 11.1 Å². The highest BCUT2D eigenvalue weighted by Gasteiger charge is 2.23. The van der Waals surface area contributed by atoms with Crippen molar-refractivity contribution in [3.05, 3.63) is 48.5 Å². The van der Waals surface area contributed by atoms with Crippen molar-refractivity contribution in [2.24, 2.45) is 11.7 Å². The van der Waals surface area contributed by atoms with E-state index in [2.05, 4.69) is 10.3 Å². The largest absolute Gasteiger partial charge is 0.370 e. The molecule has 1 saturated heterocycles. The van der Waals surface area contributed by atoms with Gasteiger partial charge in [0.25, 0.3) is 0 Å². The SMILES string of the molecule is NC(=O)CC1CCN(C(=O)NCc2ccccc2-n2ccnc2)CC1. The number of rotatable bonds is 5. The van der Waals surface area contributed by atoms with Crippen LogP contribution in [0.2, 0.25) is 0 Å². The molecule has 0 atom stereocenters. The van der Waals surface area contributed by atoms with Crippen LogP contribution in [0.1, 0.15) is 24.8 Å². The summed E-state index contributed by atoms with van der Waals surface area (Å²) in [6.45, 7) is 1.77. The lowest BCUT2D eigenvalue weighted by Crippen LogP contribution is -2.44. The first-order valence-corrected chi connectivity index (χ1v) is 8.51. The number of primary amides is 1.